The maximum atomic E-state index is 11.7. The maximum Gasteiger partial charge on any atom is 0.239 e. The Balaban J connectivity index is 1.37. The zero-order chi connectivity index (χ0) is 16.8. The molecule has 0 bridgehead atoms. The number of carbonyl (C=O) groups excluding carboxylic acids is 2. The monoisotopic (exact) mass is 331 g/mol. The predicted molar refractivity (Wildman–Crippen MR) is 89.3 cm³/mol. The molecule has 24 heavy (non-hydrogen) atoms. The van der Waals surface area contributed by atoms with Gasteiger partial charge >= 0.3 is 0 Å². The number of nitrogens with zero attached hydrogens (tertiary/aromatic N) is 1. The van der Waals surface area contributed by atoms with Crippen LogP contribution in [-0.4, -0.2) is 29.4 Å². The molecule has 2 fully saturated rings. The molecule has 2 saturated carbocycles. The van der Waals surface area contributed by atoms with Crippen molar-refractivity contribution >= 4 is 11.8 Å². The van der Waals surface area contributed by atoms with E-state index >= 15 is 0 Å². The van der Waals surface area contributed by atoms with Crippen molar-refractivity contribution in [3.63, 3.8) is 0 Å². The summed E-state index contributed by atoms with van der Waals surface area (Å²) in [5, 5.41) is 5.43. The fourth-order valence-corrected chi connectivity index (χ4v) is 2.86. The number of nitrogens with one attached hydrogen (secondary N) is 2. The SMILES string of the molecule is O=C(CNC(=O)C1CC1)NCc1ccc(OC2CCCCC2)nc1. The van der Waals surface area contributed by atoms with Gasteiger partial charge < -0.3 is 15.4 Å². The molecule has 1 heterocycles. The van der Waals surface area contributed by atoms with Gasteiger partial charge in [0.25, 0.3) is 0 Å². The van der Waals surface area contributed by atoms with Gasteiger partial charge in [-0.3, -0.25) is 9.59 Å². The van der Waals surface area contributed by atoms with Crippen LogP contribution in [0.4, 0.5) is 0 Å². The first-order chi connectivity index (χ1) is 11.7. The minimum Gasteiger partial charge on any atom is -0.474 e. The van der Waals surface area contributed by atoms with Crippen LogP contribution in [0.25, 0.3) is 0 Å². The van der Waals surface area contributed by atoms with Gasteiger partial charge in [-0.1, -0.05) is 12.5 Å². The number of amides is 2. The number of pyridine rings is 1. The molecular weight excluding hydrogens is 306 g/mol. The summed E-state index contributed by atoms with van der Waals surface area (Å²) in [6.45, 7) is 0.431. The van der Waals surface area contributed by atoms with Crippen LogP contribution < -0.4 is 15.4 Å². The third-order valence-electron chi connectivity index (χ3n) is 4.50. The van der Waals surface area contributed by atoms with Crippen LogP contribution in [0, 0.1) is 5.92 Å². The van der Waals surface area contributed by atoms with Crippen molar-refractivity contribution in [3.05, 3.63) is 23.9 Å². The molecule has 0 unspecified atom stereocenters. The molecule has 1 aromatic rings. The van der Waals surface area contributed by atoms with E-state index in [9.17, 15) is 9.59 Å². The largest absolute Gasteiger partial charge is 0.474 e. The van der Waals surface area contributed by atoms with Crippen molar-refractivity contribution in [3.8, 4) is 5.88 Å². The normalized spacial score (nSPS) is 18.0. The van der Waals surface area contributed by atoms with Crippen molar-refractivity contribution in [1.82, 2.24) is 15.6 Å². The lowest BCUT2D eigenvalue weighted by Crippen LogP contribution is -2.37. The first-order valence-electron chi connectivity index (χ1n) is 8.87. The summed E-state index contributed by atoms with van der Waals surface area (Å²) in [5.41, 5.74) is 0.910. The molecule has 0 radical (unpaired) electrons. The van der Waals surface area contributed by atoms with E-state index in [1.807, 2.05) is 12.1 Å². The Labute approximate surface area is 142 Å². The average molecular weight is 331 g/mol. The number of ether oxygens (including phenoxy) is 1. The van der Waals surface area contributed by atoms with E-state index in [1.54, 1.807) is 6.20 Å². The summed E-state index contributed by atoms with van der Waals surface area (Å²) in [5.74, 6) is 0.565. The van der Waals surface area contributed by atoms with Crippen LogP contribution >= 0.6 is 0 Å². The van der Waals surface area contributed by atoms with Gasteiger partial charge in [0.2, 0.25) is 17.7 Å². The number of rotatable bonds is 7. The van der Waals surface area contributed by atoms with Crippen LogP contribution in [-0.2, 0) is 16.1 Å². The first-order valence-corrected chi connectivity index (χ1v) is 8.87. The maximum absolute atomic E-state index is 11.7. The second-order valence-corrected chi connectivity index (χ2v) is 6.65. The molecule has 2 aliphatic carbocycles. The van der Waals surface area contributed by atoms with Crippen LogP contribution in [0.3, 0.4) is 0 Å². The Kier molecular flexibility index (Phi) is 5.67. The topological polar surface area (TPSA) is 80.3 Å². The Hall–Kier alpha value is -2.11. The summed E-state index contributed by atoms with van der Waals surface area (Å²) in [6.07, 6.45) is 9.85. The Morgan fingerprint density at radius 2 is 1.88 bits per heavy atom. The molecule has 2 amide bonds. The van der Waals surface area contributed by atoms with Gasteiger partial charge in [0.05, 0.1) is 6.54 Å². The van der Waals surface area contributed by atoms with Gasteiger partial charge in [0.15, 0.2) is 0 Å². The highest BCUT2D eigenvalue weighted by atomic mass is 16.5. The van der Waals surface area contributed by atoms with Crippen LogP contribution in [0.15, 0.2) is 18.3 Å². The highest BCUT2D eigenvalue weighted by Gasteiger charge is 2.29. The van der Waals surface area contributed by atoms with Crippen molar-refractivity contribution in [1.29, 1.82) is 0 Å². The molecule has 6 nitrogen and oxygen atoms in total. The number of carbonyl (C=O) groups is 2. The molecule has 2 aliphatic rings. The zero-order valence-electron chi connectivity index (χ0n) is 13.9. The van der Waals surface area contributed by atoms with Gasteiger partial charge in [-0.25, -0.2) is 4.98 Å². The molecule has 3 rings (SSSR count). The minimum absolute atomic E-state index is 0.0176. The predicted octanol–water partition coefficient (Wildman–Crippen LogP) is 1.94. The summed E-state index contributed by atoms with van der Waals surface area (Å²) in [6, 6.07) is 3.76. The van der Waals surface area contributed by atoms with Crippen molar-refractivity contribution in [2.75, 3.05) is 6.54 Å². The second kappa shape index (κ2) is 8.13. The van der Waals surface area contributed by atoms with Crippen molar-refractivity contribution in [2.24, 2.45) is 5.92 Å². The fourth-order valence-electron chi connectivity index (χ4n) is 2.86. The van der Waals surface area contributed by atoms with Gasteiger partial charge in [0, 0.05) is 24.7 Å². The number of aromatic nitrogens is 1. The zero-order valence-corrected chi connectivity index (χ0v) is 13.9. The van der Waals surface area contributed by atoms with E-state index in [0.717, 1.165) is 31.2 Å². The second-order valence-electron chi connectivity index (χ2n) is 6.65. The Morgan fingerprint density at radius 3 is 2.54 bits per heavy atom. The highest BCUT2D eigenvalue weighted by Crippen LogP contribution is 2.28. The Morgan fingerprint density at radius 1 is 1.08 bits per heavy atom. The van der Waals surface area contributed by atoms with E-state index in [1.165, 1.54) is 19.3 Å². The summed E-state index contributed by atoms with van der Waals surface area (Å²) < 4.78 is 5.88. The summed E-state index contributed by atoms with van der Waals surface area (Å²) in [4.78, 5) is 27.5. The van der Waals surface area contributed by atoms with E-state index in [-0.39, 0.29) is 30.4 Å². The third-order valence-corrected chi connectivity index (χ3v) is 4.50. The lowest BCUT2D eigenvalue weighted by atomic mass is 9.98. The molecular formula is C18H25N3O3. The van der Waals surface area contributed by atoms with E-state index in [0.29, 0.717) is 12.4 Å². The lowest BCUT2D eigenvalue weighted by Gasteiger charge is -2.22. The van der Waals surface area contributed by atoms with E-state index in [2.05, 4.69) is 15.6 Å². The van der Waals surface area contributed by atoms with E-state index in [4.69, 9.17) is 4.74 Å². The molecule has 2 N–H and O–H groups in total. The van der Waals surface area contributed by atoms with Gasteiger partial charge in [-0.05, 0) is 44.1 Å². The van der Waals surface area contributed by atoms with Gasteiger partial charge in [0.1, 0.15) is 6.10 Å². The molecule has 0 aliphatic heterocycles. The van der Waals surface area contributed by atoms with Gasteiger partial charge in [-0.15, -0.1) is 0 Å². The van der Waals surface area contributed by atoms with Crippen LogP contribution in [0.1, 0.15) is 50.5 Å². The lowest BCUT2D eigenvalue weighted by molar-refractivity contribution is -0.126. The molecule has 6 heteroatoms. The molecule has 0 saturated heterocycles. The number of hydrogen-bond donors (Lipinski definition) is 2. The number of hydrogen-bond acceptors (Lipinski definition) is 4. The van der Waals surface area contributed by atoms with Crippen LogP contribution in [0.5, 0.6) is 5.88 Å². The molecule has 0 atom stereocenters. The smallest absolute Gasteiger partial charge is 0.239 e. The molecule has 130 valence electrons. The van der Waals surface area contributed by atoms with Gasteiger partial charge in [-0.2, -0.15) is 0 Å². The summed E-state index contributed by atoms with van der Waals surface area (Å²) >= 11 is 0. The first kappa shape index (κ1) is 16.7. The third kappa shape index (κ3) is 5.22. The van der Waals surface area contributed by atoms with Crippen molar-refractivity contribution < 1.29 is 14.3 Å². The standard InChI is InChI=1S/C18H25N3O3/c22-16(12-21-18(23)14-7-8-14)19-10-13-6-9-17(20-11-13)24-15-4-2-1-3-5-15/h6,9,11,14-15H,1-5,7-8,10,12H2,(H,19,22)(H,21,23). The van der Waals surface area contributed by atoms with Crippen LogP contribution in [0.2, 0.25) is 0 Å². The quantitative estimate of drug-likeness (QED) is 0.800. The summed E-state index contributed by atoms with van der Waals surface area (Å²) in [7, 11) is 0. The van der Waals surface area contributed by atoms with E-state index < -0.39 is 0 Å². The molecule has 0 spiro atoms. The molecule has 1 aromatic heterocycles. The average Bonchev–Trinajstić information content (AvgIpc) is 3.45. The fraction of sp³-hybridized carbons (Fsp3) is 0.611. The van der Waals surface area contributed by atoms with Crippen molar-refractivity contribution in [2.45, 2.75) is 57.6 Å². The molecule has 0 aromatic carbocycles. The highest BCUT2D eigenvalue weighted by molar-refractivity contribution is 5.86. The Bertz CT molecular complexity index is 563. The minimum atomic E-state index is -0.188.